The molecular formula is C23H22F2N4O4. The Hall–Kier alpha value is -3.79. The Kier molecular flexibility index (Phi) is 6.10. The van der Waals surface area contributed by atoms with Crippen LogP contribution in [0.5, 0.6) is 17.4 Å². The molecule has 172 valence electrons. The van der Waals surface area contributed by atoms with Gasteiger partial charge in [-0.2, -0.15) is 5.10 Å². The zero-order valence-electron chi connectivity index (χ0n) is 18.0. The van der Waals surface area contributed by atoms with Crippen molar-refractivity contribution in [2.75, 3.05) is 18.9 Å². The molecule has 0 radical (unpaired) electrons. The van der Waals surface area contributed by atoms with Crippen LogP contribution in [0.25, 0.3) is 0 Å². The highest BCUT2D eigenvalue weighted by atomic mass is 19.1. The molecule has 1 aromatic heterocycles. The van der Waals surface area contributed by atoms with E-state index in [0.29, 0.717) is 0 Å². The first-order valence-electron chi connectivity index (χ1n) is 10.4. The average molecular weight is 456 g/mol. The van der Waals surface area contributed by atoms with E-state index in [-0.39, 0.29) is 54.0 Å². The predicted octanol–water partition coefficient (Wildman–Crippen LogP) is 4.40. The Balaban J connectivity index is 0.00000126. The van der Waals surface area contributed by atoms with Crippen LogP contribution in [-0.4, -0.2) is 34.4 Å². The van der Waals surface area contributed by atoms with Crippen LogP contribution in [0, 0.1) is 11.6 Å². The molecule has 0 aliphatic carbocycles. The lowest BCUT2D eigenvalue weighted by molar-refractivity contribution is -0.145. The summed E-state index contributed by atoms with van der Waals surface area (Å²) < 4.78 is 46.0. The van der Waals surface area contributed by atoms with Gasteiger partial charge in [0.1, 0.15) is 22.9 Å². The highest BCUT2D eigenvalue weighted by Crippen LogP contribution is 2.48. The minimum Gasteiger partial charge on any atom is -0.437 e. The van der Waals surface area contributed by atoms with Crippen molar-refractivity contribution in [3.05, 3.63) is 71.4 Å². The Morgan fingerprint density at radius 2 is 1.97 bits per heavy atom. The van der Waals surface area contributed by atoms with Gasteiger partial charge in [-0.25, -0.2) is 13.6 Å². The van der Waals surface area contributed by atoms with Gasteiger partial charge in [0, 0.05) is 30.0 Å². The fraction of sp³-hybridized carbons (Fsp3) is 0.261. The van der Waals surface area contributed by atoms with Gasteiger partial charge in [0.05, 0.1) is 31.0 Å². The quantitative estimate of drug-likeness (QED) is 0.581. The second-order valence-electron chi connectivity index (χ2n) is 7.24. The van der Waals surface area contributed by atoms with Crippen LogP contribution in [0.2, 0.25) is 0 Å². The number of carbonyl (C=O) groups excluding carboxylic acids is 1. The summed E-state index contributed by atoms with van der Waals surface area (Å²) in [4.78, 5) is 14.1. The lowest BCUT2D eigenvalue weighted by Gasteiger charge is -2.51. The van der Waals surface area contributed by atoms with Gasteiger partial charge in [-0.1, -0.05) is 26.0 Å². The predicted molar refractivity (Wildman–Crippen MR) is 115 cm³/mol. The van der Waals surface area contributed by atoms with Crippen molar-refractivity contribution < 1.29 is 27.8 Å². The summed E-state index contributed by atoms with van der Waals surface area (Å²) in [6.07, 6.45) is 0.717. The Bertz CT molecular complexity index is 1170. The van der Waals surface area contributed by atoms with Crippen molar-refractivity contribution in [2.45, 2.75) is 25.9 Å². The zero-order valence-corrected chi connectivity index (χ0v) is 18.0. The zero-order chi connectivity index (χ0) is 23.6. The molecule has 1 amide bonds. The number of anilines is 1. The maximum Gasteiger partial charge on any atom is 0.416 e. The van der Waals surface area contributed by atoms with E-state index in [2.05, 4.69) is 10.2 Å². The molecule has 2 aliphatic heterocycles. The van der Waals surface area contributed by atoms with Crippen molar-refractivity contribution in [3.63, 3.8) is 0 Å². The summed E-state index contributed by atoms with van der Waals surface area (Å²) in [5.74, 6) is -1.02. The summed E-state index contributed by atoms with van der Waals surface area (Å²) in [5.41, 5.74) is 4.80. The standard InChI is InChI=1S/C21H16F2N4O4.C2H6/c22-14-7-13(30-17-5-2-6-25-26-17)8-16-18(14)21(10-29-11-21)27(20(28)31-16)9-12-3-1-4-15(24)19(12)23;1-2/h1-8H,9-11,24H2;1-2H3. The normalized spacial score (nSPS) is 15.6. The third-order valence-electron chi connectivity index (χ3n) is 5.32. The lowest BCUT2D eigenvalue weighted by atomic mass is 9.83. The fourth-order valence-electron chi connectivity index (χ4n) is 3.77. The number of rotatable bonds is 4. The van der Waals surface area contributed by atoms with Gasteiger partial charge in [-0.3, -0.25) is 4.90 Å². The summed E-state index contributed by atoms with van der Waals surface area (Å²) in [6.45, 7) is 3.93. The van der Waals surface area contributed by atoms with Crippen LogP contribution in [0.4, 0.5) is 19.3 Å². The SMILES string of the molecule is CC.Nc1cccc(CN2C(=O)Oc3cc(Oc4cccnn4)cc(F)c3C23COC3)c1F. The number of ether oxygens (including phenoxy) is 3. The smallest absolute Gasteiger partial charge is 0.416 e. The van der Waals surface area contributed by atoms with E-state index < -0.39 is 23.3 Å². The fourth-order valence-corrected chi connectivity index (χ4v) is 3.77. The largest absolute Gasteiger partial charge is 0.437 e. The molecule has 0 unspecified atom stereocenters. The van der Waals surface area contributed by atoms with Crippen LogP contribution in [-0.2, 0) is 16.8 Å². The minimum atomic E-state index is -1.13. The van der Waals surface area contributed by atoms with Crippen molar-refractivity contribution >= 4 is 11.8 Å². The van der Waals surface area contributed by atoms with Crippen molar-refractivity contribution in [3.8, 4) is 17.4 Å². The second-order valence-corrected chi connectivity index (χ2v) is 7.24. The molecule has 0 atom stereocenters. The lowest BCUT2D eigenvalue weighted by Crippen LogP contribution is -2.64. The van der Waals surface area contributed by atoms with Gasteiger partial charge >= 0.3 is 6.09 Å². The number of nitrogens with zero attached hydrogens (tertiary/aromatic N) is 3. The summed E-state index contributed by atoms with van der Waals surface area (Å²) >= 11 is 0. The van der Waals surface area contributed by atoms with Crippen LogP contribution in [0.15, 0.2) is 48.7 Å². The van der Waals surface area contributed by atoms with E-state index in [4.69, 9.17) is 19.9 Å². The maximum atomic E-state index is 15.2. The number of nitrogen functional groups attached to an aromatic ring is 1. The summed E-state index contributed by atoms with van der Waals surface area (Å²) in [6, 6.07) is 10.3. The molecular weight excluding hydrogens is 434 g/mol. The third kappa shape index (κ3) is 3.93. The number of benzene rings is 2. The number of hydrogen-bond donors (Lipinski definition) is 1. The number of hydrogen-bond acceptors (Lipinski definition) is 7. The number of amides is 1. The number of nitrogens with two attached hydrogens (primary N) is 1. The molecule has 1 fully saturated rings. The van der Waals surface area contributed by atoms with Crippen LogP contribution in [0.1, 0.15) is 25.0 Å². The maximum absolute atomic E-state index is 15.2. The number of carbonyl (C=O) groups is 1. The van der Waals surface area contributed by atoms with Gasteiger partial charge in [0.2, 0.25) is 5.88 Å². The number of aromatic nitrogens is 2. The molecule has 1 saturated heterocycles. The van der Waals surface area contributed by atoms with Crippen molar-refractivity contribution in [1.29, 1.82) is 0 Å². The van der Waals surface area contributed by atoms with Crippen molar-refractivity contribution in [2.24, 2.45) is 0 Å². The molecule has 10 heteroatoms. The Morgan fingerprint density at radius 3 is 2.64 bits per heavy atom. The van der Waals surface area contributed by atoms with Crippen LogP contribution in [0.3, 0.4) is 0 Å². The van der Waals surface area contributed by atoms with Gasteiger partial charge in [0.25, 0.3) is 0 Å². The van der Waals surface area contributed by atoms with E-state index in [0.717, 1.165) is 0 Å². The molecule has 3 heterocycles. The molecule has 33 heavy (non-hydrogen) atoms. The monoisotopic (exact) mass is 456 g/mol. The summed E-state index contributed by atoms with van der Waals surface area (Å²) in [7, 11) is 0. The minimum absolute atomic E-state index is 0.0106. The van der Waals surface area contributed by atoms with E-state index >= 15 is 4.39 Å². The van der Waals surface area contributed by atoms with Gasteiger partial charge < -0.3 is 19.9 Å². The van der Waals surface area contributed by atoms with Crippen LogP contribution < -0.4 is 15.2 Å². The molecule has 2 aliphatic rings. The van der Waals surface area contributed by atoms with Gasteiger partial charge in [-0.05, 0) is 12.1 Å². The second kappa shape index (κ2) is 8.99. The topological polar surface area (TPSA) is 99.8 Å². The molecule has 0 saturated carbocycles. The average Bonchev–Trinajstić information content (AvgIpc) is 2.78. The summed E-state index contributed by atoms with van der Waals surface area (Å²) in [5, 5.41) is 7.48. The highest BCUT2D eigenvalue weighted by Gasteiger charge is 2.55. The first-order valence-corrected chi connectivity index (χ1v) is 10.4. The highest BCUT2D eigenvalue weighted by molar-refractivity contribution is 5.76. The molecule has 8 nitrogen and oxygen atoms in total. The van der Waals surface area contributed by atoms with E-state index in [1.165, 1.54) is 35.4 Å². The molecule has 1 spiro atoms. The number of halogens is 2. The first-order chi connectivity index (χ1) is 16.0. The van der Waals surface area contributed by atoms with Gasteiger partial charge in [-0.15, -0.1) is 5.10 Å². The Morgan fingerprint density at radius 1 is 1.18 bits per heavy atom. The van der Waals surface area contributed by atoms with E-state index in [1.54, 1.807) is 18.2 Å². The van der Waals surface area contributed by atoms with Crippen LogP contribution >= 0.6 is 0 Å². The van der Waals surface area contributed by atoms with E-state index in [9.17, 15) is 9.18 Å². The first kappa shape index (κ1) is 22.4. The third-order valence-corrected chi connectivity index (χ3v) is 5.32. The van der Waals surface area contributed by atoms with Crippen molar-refractivity contribution in [1.82, 2.24) is 15.1 Å². The number of fused-ring (bicyclic) bond motifs is 2. The molecule has 3 aromatic rings. The molecule has 2 aromatic carbocycles. The van der Waals surface area contributed by atoms with E-state index in [1.807, 2.05) is 13.8 Å². The molecule has 0 bridgehead atoms. The molecule has 5 rings (SSSR count). The Labute approximate surface area is 188 Å². The van der Waals surface area contributed by atoms with Gasteiger partial charge in [0.15, 0.2) is 5.82 Å². The molecule has 2 N–H and O–H groups in total.